The van der Waals surface area contributed by atoms with E-state index in [1.807, 2.05) is 6.92 Å². The molecule has 3 heteroatoms. The van der Waals surface area contributed by atoms with Gasteiger partial charge in [0.15, 0.2) is 0 Å². The van der Waals surface area contributed by atoms with Crippen molar-refractivity contribution in [1.82, 2.24) is 0 Å². The van der Waals surface area contributed by atoms with Crippen LogP contribution >= 0.6 is 0 Å². The molecule has 0 aliphatic carbocycles. The second-order valence-corrected chi connectivity index (χ2v) is 5.15. The van der Waals surface area contributed by atoms with Crippen LogP contribution < -0.4 is 5.73 Å². The maximum atomic E-state index is 11.5. The fourth-order valence-corrected chi connectivity index (χ4v) is 2.35. The Kier molecular flexibility index (Phi) is 7.81. The van der Waals surface area contributed by atoms with E-state index in [2.05, 4.69) is 6.92 Å². The normalized spacial score (nSPS) is 15.9. The first-order valence-corrected chi connectivity index (χ1v) is 6.17. The molecule has 0 spiro atoms. The Bertz CT molecular complexity index is 128. The molecule has 0 aromatic rings. The molecular formula is C9H21NOS. The Morgan fingerprint density at radius 1 is 1.42 bits per heavy atom. The molecule has 2 N–H and O–H groups in total. The highest BCUT2D eigenvalue weighted by atomic mass is 32.2. The van der Waals surface area contributed by atoms with E-state index in [0.29, 0.717) is 6.54 Å². The predicted molar refractivity (Wildman–Crippen MR) is 55.7 cm³/mol. The highest BCUT2D eigenvalue weighted by molar-refractivity contribution is 7.85. The van der Waals surface area contributed by atoms with Gasteiger partial charge >= 0.3 is 0 Å². The first-order chi connectivity index (χ1) is 5.72. The SMILES string of the molecule is CCCCCS(=O)C(C)CCN. The zero-order valence-corrected chi connectivity index (χ0v) is 9.03. The van der Waals surface area contributed by atoms with Crippen LogP contribution in [0.15, 0.2) is 0 Å². The van der Waals surface area contributed by atoms with Crippen molar-refractivity contribution in [3.63, 3.8) is 0 Å². The molecule has 0 aliphatic heterocycles. The summed E-state index contributed by atoms with van der Waals surface area (Å²) in [4.78, 5) is 0. The minimum absolute atomic E-state index is 0.284. The molecule has 0 heterocycles. The van der Waals surface area contributed by atoms with Crippen LogP contribution in [0, 0.1) is 0 Å². The van der Waals surface area contributed by atoms with Crippen molar-refractivity contribution in [3.8, 4) is 0 Å². The quantitative estimate of drug-likeness (QED) is 0.622. The predicted octanol–water partition coefficient (Wildman–Crippen LogP) is 1.66. The van der Waals surface area contributed by atoms with Crippen molar-refractivity contribution in [2.75, 3.05) is 12.3 Å². The lowest BCUT2D eigenvalue weighted by Crippen LogP contribution is -2.18. The van der Waals surface area contributed by atoms with Crippen LogP contribution in [0.3, 0.4) is 0 Å². The summed E-state index contributed by atoms with van der Waals surface area (Å²) >= 11 is 0. The van der Waals surface area contributed by atoms with Gasteiger partial charge in [-0.3, -0.25) is 4.21 Å². The van der Waals surface area contributed by atoms with Gasteiger partial charge in [-0.25, -0.2) is 0 Å². The smallest absolute Gasteiger partial charge is 0.0331 e. The number of unbranched alkanes of at least 4 members (excludes halogenated alkanes) is 2. The molecule has 0 amide bonds. The Labute approximate surface area is 78.4 Å². The maximum Gasteiger partial charge on any atom is 0.0331 e. The maximum absolute atomic E-state index is 11.5. The summed E-state index contributed by atoms with van der Waals surface area (Å²) in [7, 11) is -0.646. The summed E-state index contributed by atoms with van der Waals surface area (Å²) in [5.74, 6) is 0.856. The summed E-state index contributed by atoms with van der Waals surface area (Å²) in [6, 6.07) is 0. The zero-order chi connectivity index (χ0) is 9.40. The van der Waals surface area contributed by atoms with E-state index in [-0.39, 0.29) is 5.25 Å². The van der Waals surface area contributed by atoms with Crippen LogP contribution in [-0.2, 0) is 10.8 Å². The van der Waals surface area contributed by atoms with Crippen molar-refractivity contribution in [2.45, 2.75) is 44.8 Å². The van der Waals surface area contributed by atoms with Crippen molar-refractivity contribution in [3.05, 3.63) is 0 Å². The molecule has 0 saturated carbocycles. The van der Waals surface area contributed by atoms with E-state index in [4.69, 9.17) is 5.73 Å². The summed E-state index contributed by atoms with van der Waals surface area (Å²) in [5, 5.41) is 0.284. The van der Waals surface area contributed by atoms with Gasteiger partial charge in [0.1, 0.15) is 0 Å². The molecule has 0 rings (SSSR count). The van der Waals surface area contributed by atoms with Crippen molar-refractivity contribution in [2.24, 2.45) is 5.73 Å². The van der Waals surface area contributed by atoms with Crippen molar-refractivity contribution >= 4 is 10.8 Å². The third kappa shape index (κ3) is 5.72. The highest BCUT2D eigenvalue weighted by Gasteiger charge is 2.08. The molecule has 0 fully saturated rings. The van der Waals surface area contributed by atoms with E-state index in [1.165, 1.54) is 12.8 Å². The Morgan fingerprint density at radius 3 is 2.58 bits per heavy atom. The van der Waals surface area contributed by atoms with Gasteiger partial charge in [0.25, 0.3) is 0 Å². The van der Waals surface area contributed by atoms with E-state index >= 15 is 0 Å². The van der Waals surface area contributed by atoms with Crippen molar-refractivity contribution in [1.29, 1.82) is 0 Å². The summed E-state index contributed by atoms with van der Waals surface area (Å²) < 4.78 is 11.5. The highest BCUT2D eigenvalue weighted by Crippen LogP contribution is 2.04. The molecule has 0 radical (unpaired) electrons. The fourth-order valence-electron chi connectivity index (χ4n) is 1.06. The molecule has 0 aromatic heterocycles. The van der Waals surface area contributed by atoms with Crippen LogP contribution in [0.5, 0.6) is 0 Å². The third-order valence-electron chi connectivity index (χ3n) is 1.97. The van der Waals surface area contributed by atoms with Gasteiger partial charge in [0.2, 0.25) is 0 Å². The summed E-state index contributed by atoms with van der Waals surface area (Å²) in [6.45, 7) is 4.84. The minimum Gasteiger partial charge on any atom is -0.330 e. The second-order valence-electron chi connectivity index (χ2n) is 3.18. The van der Waals surface area contributed by atoms with E-state index in [1.54, 1.807) is 0 Å². The molecule has 0 aliphatic rings. The largest absolute Gasteiger partial charge is 0.330 e. The van der Waals surface area contributed by atoms with Gasteiger partial charge in [-0.1, -0.05) is 26.7 Å². The van der Waals surface area contributed by atoms with Gasteiger partial charge in [0, 0.05) is 21.8 Å². The van der Waals surface area contributed by atoms with Gasteiger partial charge < -0.3 is 5.73 Å². The molecule has 2 nitrogen and oxygen atoms in total. The second kappa shape index (κ2) is 7.74. The summed E-state index contributed by atoms with van der Waals surface area (Å²) in [6.07, 6.45) is 4.38. The molecule has 0 aromatic carbocycles. The lowest BCUT2D eigenvalue weighted by Gasteiger charge is -2.08. The average Bonchev–Trinajstić information content (AvgIpc) is 2.05. The molecule has 2 atom stereocenters. The number of rotatable bonds is 7. The van der Waals surface area contributed by atoms with Crippen LogP contribution in [-0.4, -0.2) is 21.8 Å². The number of hydrogen-bond donors (Lipinski definition) is 1. The Morgan fingerprint density at radius 2 is 2.08 bits per heavy atom. The van der Waals surface area contributed by atoms with Crippen molar-refractivity contribution < 1.29 is 4.21 Å². The topological polar surface area (TPSA) is 43.1 Å². The van der Waals surface area contributed by atoms with Crippen LogP contribution in [0.25, 0.3) is 0 Å². The monoisotopic (exact) mass is 191 g/mol. The lowest BCUT2D eigenvalue weighted by molar-refractivity contribution is 0.659. The Hall–Kier alpha value is 0.110. The number of hydrogen-bond acceptors (Lipinski definition) is 2. The lowest BCUT2D eigenvalue weighted by atomic mass is 10.3. The van der Waals surface area contributed by atoms with E-state index in [9.17, 15) is 4.21 Å². The van der Waals surface area contributed by atoms with E-state index in [0.717, 1.165) is 18.6 Å². The Balaban J connectivity index is 3.43. The molecule has 0 bridgehead atoms. The average molecular weight is 191 g/mol. The third-order valence-corrected chi connectivity index (χ3v) is 3.80. The first kappa shape index (κ1) is 12.1. The van der Waals surface area contributed by atoms with Crippen LogP contribution in [0.4, 0.5) is 0 Å². The molecule has 2 unspecified atom stereocenters. The summed E-state index contributed by atoms with van der Waals surface area (Å²) in [5.41, 5.74) is 5.39. The van der Waals surface area contributed by atoms with Gasteiger partial charge in [-0.2, -0.15) is 0 Å². The van der Waals surface area contributed by atoms with Gasteiger partial charge in [-0.05, 0) is 19.4 Å². The van der Waals surface area contributed by atoms with Crippen LogP contribution in [0.2, 0.25) is 0 Å². The minimum atomic E-state index is -0.646. The van der Waals surface area contributed by atoms with Gasteiger partial charge in [0.05, 0.1) is 0 Å². The zero-order valence-electron chi connectivity index (χ0n) is 8.21. The molecule has 0 saturated heterocycles. The van der Waals surface area contributed by atoms with E-state index < -0.39 is 10.8 Å². The molecular weight excluding hydrogens is 170 g/mol. The standard InChI is InChI=1S/C9H21NOS/c1-3-4-5-8-12(11)9(2)6-7-10/h9H,3-8,10H2,1-2H3. The van der Waals surface area contributed by atoms with Crippen LogP contribution in [0.1, 0.15) is 39.5 Å². The number of nitrogens with two attached hydrogens (primary N) is 1. The fraction of sp³-hybridized carbons (Fsp3) is 1.00. The molecule has 74 valence electrons. The first-order valence-electron chi connectivity index (χ1n) is 4.79. The molecule has 12 heavy (non-hydrogen) atoms. The van der Waals surface area contributed by atoms with Gasteiger partial charge in [-0.15, -0.1) is 0 Å².